The van der Waals surface area contributed by atoms with Gasteiger partial charge in [-0.25, -0.2) is 0 Å². The Hall–Kier alpha value is 6.60. The average Bonchev–Trinajstić information content (AvgIpc) is 0. The van der Waals surface area contributed by atoms with E-state index in [9.17, 15) is 0 Å². The summed E-state index contributed by atoms with van der Waals surface area (Å²) in [7, 11) is 0. The van der Waals surface area contributed by atoms with E-state index in [4.69, 9.17) is 0 Å². The number of hydrogen-bond donors (Lipinski definition) is 0. The van der Waals surface area contributed by atoms with Crippen molar-refractivity contribution in [3.63, 3.8) is 0 Å². The first-order chi connectivity index (χ1) is 0. The zero-order valence-corrected chi connectivity index (χ0v) is 16.2. The van der Waals surface area contributed by atoms with Crippen LogP contribution in [0.4, 0.5) is 0 Å². The van der Waals surface area contributed by atoms with E-state index in [0.717, 1.165) is 0 Å². The standard InChI is InChI=1S/9ClH.Lu.Tm.Yb/h9*1H;;;/q;;;;;;;;;3*+3/p-9. The second-order valence-corrected chi connectivity index (χ2v) is 0. The van der Waals surface area contributed by atoms with Crippen molar-refractivity contribution in [1.29, 1.82) is 0 Å². The fourth-order valence-electron chi connectivity index (χ4n) is 0. The number of halogens is 9. The molecule has 0 aromatic rings. The van der Waals surface area contributed by atoms with Crippen LogP contribution in [0.3, 0.4) is 0 Å². The Labute approximate surface area is 226 Å². The van der Waals surface area contributed by atoms with Gasteiger partial charge in [-0.1, -0.05) is 0 Å². The molecule has 0 heterocycles. The molecule has 0 aromatic carbocycles. The van der Waals surface area contributed by atoms with Crippen LogP contribution < -0.4 is 112 Å². The Morgan fingerprint density at radius 1 is 0.333 bits per heavy atom. The molecule has 0 aliphatic heterocycles. The third kappa shape index (κ3) is 92.8. The van der Waals surface area contributed by atoms with E-state index in [2.05, 4.69) is 0 Å². The summed E-state index contributed by atoms with van der Waals surface area (Å²) in [5.74, 6) is 0. The monoisotopic (exact) mass is 833 g/mol. The van der Waals surface area contributed by atoms with Gasteiger partial charge in [-0.15, -0.1) is 0 Å². The molecule has 0 bridgehead atoms. The number of hydrogen-bond acceptors (Lipinski definition) is 0. The molecule has 0 N–H and O–H groups in total. The van der Waals surface area contributed by atoms with Crippen molar-refractivity contribution in [2.45, 2.75) is 0 Å². The Morgan fingerprint density at radius 2 is 0.333 bits per heavy atom. The van der Waals surface area contributed by atoms with Crippen molar-refractivity contribution < 1.29 is 232 Å². The predicted molar refractivity (Wildman–Crippen MR) is 0 cm³/mol. The smallest absolute Gasteiger partial charge is 1.00 e. The van der Waals surface area contributed by atoms with Crippen molar-refractivity contribution in [1.82, 2.24) is 0 Å². The fourth-order valence-corrected chi connectivity index (χ4v) is 0. The second-order valence-electron chi connectivity index (χ2n) is 0. The van der Waals surface area contributed by atoms with Gasteiger partial charge in [0.05, 0.1) is 0 Å². The van der Waals surface area contributed by atoms with E-state index in [1.807, 2.05) is 0 Å². The van der Waals surface area contributed by atoms with Gasteiger partial charge in [0.25, 0.3) is 0 Å². The Balaban J connectivity index is 0. The maximum absolute atomic E-state index is 0. The molecule has 0 unspecified atom stereocenters. The third-order valence-electron chi connectivity index (χ3n) is 0. The molecule has 12 heteroatoms. The third-order valence-corrected chi connectivity index (χ3v) is 0. The molecule has 0 atom stereocenters. The molecule has 0 rings (SSSR count). The zero-order chi connectivity index (χ0) is 0. The van der Waals surface area contributed by atoms with Gasteiger partial charge in [-0.3, -0.25) is 0 Å². The first kappa shape index (κ1) is 132. The fraction of sp³-hybridized carbons (Fsp3) is 0. The summed E-state index contributed by atoms with van der Waals surface area (Å²) >= 11 is 0. The number of rotatable bonds is 0. The van der Waals surface area contributed by atoms with Gasteiger partial charge in [-0.2, -0.15) is 0 Å². The minimum absolute atomic E-state index is 0. The molecule has 105 valence electrons. The Bertz CT molecular complexity index is 14.5. The van der Waals surface area contributed by atoms with Gasteiger partial charge >= 0.3 is 121 Å². The minimum Gasteiger partial charge on any atom is -1.00 e. The van der Waals surface area contributed by atoms with Crippen LogP contribution in [0, 0.1) is 121 Å². The van der Waals surface area contributed by atoms with Gasteiger partial charge in [-0.05, 0) is 0 Å². The van der Waals surface area contributed by atoms with Gasteiger partial charge in [0.15, 0.2) is 0 Å². The van der Waals surface area contributed by atoms with Gasteiger partial charge in [0, 0.05) is 0 Å². The van der Waals surface area contributed by atoms with Crippen molar-refractivity contribution in [3.8, 4) is 0 Å². The van der Waals surface area contributed by atoms with Crippen molar-refractivity contribution in [2.24, 2.45) is 0 Å². The quantitative estimate of drug-likeness (QED) is 0.228. The molecule has 0 aromatic heterocycles. The molecule has 0 saturated heterocycles. The van der Waals surface area contributed by atoms with Crippen molar-refractivity contribution in [3.05, 3.63) is 0 Å². The maximum Gasteiger partial charge on any atom is 3.00 e. The van der Waals surface area contributed by atoms with Gasteiger partial charge in [0.2, 0.25) is 0 Å². The van der Waals surface area contributed by atoms with Crippen LogP contribution in [0.15, 0.2) is 0 Å². The molecule has 12 heavy (non-hydrogen) atoms. The summed E-state index contributed by atoms with van der Waals surface area (Å²) in [5, 5.41) is 0. The molecule has 0 aliphatic carbocycles. The normalized spacial score (nSPS) is 0. The molecular weight excluding hydrogens is 836 g/mol. The first-order valence-electron chi connectivity index (χ1n) is 0. The van der Waals surface area contributed by atoms with Crippen LogP contribution in [-0.2, 0) is 0 Å². The summed E-state index contributed by atoms with van der Waals surface area (Å²) < 4.78 is 0. The molecule has 0 fully saturated rings. The van der Waals surface area contributed by atoms with Crippen LogP contribution in [0.2, 0.25) is 0 Å². The van der Waals surface area contributed by atoms with Crippen LogP contribution in [-0.4, -0.2) is 0 Å². The van der Waals surface area contributed by atoms with Crippen LogP contribution in [0.1, 0.15) is 0 Å². The van der Waals surface area contributed by atoms with E-state index >= 15 is 0 Å². The summed E-state index contributed by atoms with van der Waals surface area (Å²) in [6.07, 6.45) is 0. The van der Waals surface area contributed by atoms with E-state index < -0.39 is 0 Å². The second kappa shape index (κ2) is 111. The first-order valence-corrected chi connectivity index (χ1v) is 0. The minimum atomic E-state index is 0. The van der Waals surface area contributed by atoms with E-state index in [0.29, 0.717) is 0 Å². The Morgan fingerprint density at radius 3 is 0.333 bits per heavy atom. The van der Waals surface area contributed by atoms with Crippen LogP contribution in [0.25, 0.3) is 0 Å². The SMILES string of the molecule is [Cl-].[Cl-].[Cl-].[Cl-].[Cl-].[Cl-].[Cl-].[Cl-].[Cl-].[Lu+3].[Tm+3].[Yb+3]. The van der Waals surface area contributed by atoms with Gasteiger partial charge in [0.1, 0.15) is 0 Å². The maximum atomic E-state index is 0. The molecule has 0 amide bonds. The van der Waals surface area contributed by atoms with E-state index in [1.54, 1.807) is 0 Å². The summed E-state index contributed by atoms with van der Waals surface area (Å²) in [6.45, 7) is 0. The van der Waals surface area contributed by atoms with Gasteiger partial charge < -0.3 is 112 Å². The molecule has 0 spiro atoms. The van der Waals surface area contributed by atoms with E-state index in [1.165, 1.54) is 0 Å². The summed E-state index contributed by atoms with van der Waals surface area (Å²) in [6, 6.07) is 0. The van der Waals surface area contributed by atoms with Crippen LogP contribution in [0.5, 0.6) is 0 Å². The molecule has 0 nitrogen and oxygen atoms in total. The van der Waals surface area contributed by atoms with Crippen molar-refractivity contribution in [2.75, 3.05) is 0 Å². The zero-order valence-electron chi connectivity index (χ0n) is 4.20. The molecule has 1 radical (unpaired) electrons. The molecule has 0 aliphatic rings. The average molecular weight is 836 g/mol. The topological polar surface area (TPSA) is 0 Å². The molecule has 0 saturated carbocycles. The van der Waals surface area contributed by atoms with Crippen LogP contribution >= 0.6 is 0 Å². The van der Waals surface area contributed by atoms with E-state index in [-0.39, 0.29) is 232 Å². The largest absolute Gasteiger partial charge is 3.00 e. The van der Waals surface area contributed by atoms with Crippen molar-refractivity contribution >= 4 is 0 Å². The molecular formula is Cl9LuTmYb. The predicted octanol–water partition coefficient (Wildman–Crippen LogP) is -27.0. The Kier molecular flexibility index (Phi) is 1230. The summed E-state index contributed by atoms with van der Waals surface area (Å²) in [5.41, 5.74) is 0. The summed E-state index contributed by atoms with van der Waals surface area (Å²) in [4.78, 5) is 0.